The van der Waals surface area contributed by atoms with Gasteiger partial charge < -0.3 is 0 Å². The molecule has 0 radical (unpaired) electrons. The molecule has 1 aromatic heterocycles. The molecule has 0 aliphatic heterocycles. The molecule has 1 rings (SSSR count). The summed E-state index contributed by atoms with van der Waals surface area (Å²) in [5.74, 6) is 0. The number of nitrogens with zero attached hydrogens (tertiary/aromatic N) is 1. The fourth-order valence-corrected chi connectivity index (χ4v) is 1.17. The second kappa shape index (κ2) is 3.23. The van der Waals surface area contributed by atoms with E-state index in [4.69, 9.17) is 0 Å². The summed E-state index contributed by atoms with van der Waals surface area (Å²) in [4.78, 5) is 3.87. The van der Waals surface area contributed by atoms with E-state index in [0.717, 1.165) is 5.56 Å². The number of pyridine rings is 1. The van der Waals surface area contributed by atoms with Gasteiger partial charge in [0, 0.05) is 12.4 Å². The lowest BCUT2D eigenvalue weighted by Crippen LogP contribution is -2.18. The van der Waals surface area contributed by atoms with E-state index in [-0.39, 0.29) is 0 Å². The van der Waals surface area contributed by atoms with E-state index in [1.54, 1.807) is 38.4 Å². The molecule has 0 N–H and O–H groups in total. The molecule has 0 amide bonds. The minimum Gasteiger partial charge on any atom is -0.264 e. The van der Waals surface area contributed by atoms with Gasteiger partial charge in [-0.3, -0.25) is 4.98 Å². The third-order valence-corrected chi connectivity index (χ3v) is 3.00. The molecule has 0 aliphatic carbocycles. The molecule has 0 aliphatic rings. The second-order valence-electron chi connectivity index (χ2n) is 3.06. The van der Waals surface area contributed by atoms with Crippen LogP contribution < -0.4 is 0 Å². The van der Waals surface area contributed by atoms with Crippen molar-refractivity contribution >= 4 is 10.7 Å². The molecule has 3 nitrogen and oxygen atoms in total. The average Bonchev–Trinajstić information content (AvgIpc) is 2.06. The zero-order valence-electron chi connectivity index (χ0n) is 7.02. The first-order chi connectivity index (χ1) is 5.55. The number of hydrogen-bond acceptors (Lipinski definition) is 3. The van der Waals surface area contributed by atoms with Gasteiger partial charge in [-0.05, 0) is 25.5 Å². The van der Waals surface area contributed by atoms with E-state index < -0.39 is 15.5 Å². The molecule has 0 fully saturated rings. The largest absolute Gasteiger partial charge is 0.264 e. The lowest BCUT2D eigenvalue weighted by molar-refractivity contribution is 0.576. The predicted molar refractivity (Wildman–Crippen MR) is 47.6 cm³/mol. The molecule has 0 saturated heterocycles. The molecule has 4 heteroatoms. The summed E-state index contributed by atoms with van der Waals surface area (Å²) in [6.45, 7) is 3.32. The maximum atomic E-state index is 10.8. The van der Waals surface area contributed by atoms with Crippen LogP contribution in [0.2, 0.25) is 0 Å². The number of hydrogen-bond donors (Lipinski definition) is 1. The minimum absolute atomic E-state index is 0.723. The van der Waals surface area contributed by atoms with Gasteiger partial charge >= 0.3 is 0 Å². The van der Waals surface area contributed by atoms with E-state index in [9.17, 15) is 8.42 Å². The van der Waals surface area contributed by atoms with Gasteiger partial charge in [-0.2, -0.15) is 0 Å². The maximum absolute atomic E-state index is 10.8. The molecule has 0 atom stereocenters. The van der Waals surface area contributed by atoms with Crippen molar-refractivity contribution in [1.82, 2.24) is 4.98 Å². The predicted octanol–water partition coefficient (Wildman–Crippen LogP) is 0.928. The molecule has 0 unspecified atom stereocenters. The molecule has 12 heavy (non-hydrogen) atoms. The van der Waals surface area contributed by atoms with Crippen LogP contribution in [0.25, 0.3) is 0 Å². The number of aromatic nitrogens is 1. The Morgan fingerprint density at radius 1 is 1.42 bits per heavy atom. The van der Waals surface area contributed by atoms with E-state index in [1.807, 2.05) is 0 Å². The van der Waals surface area contributed by atoms with Crippen LogP contribution in [0.1, 0.15) is 19.4 Å². The van der Waals surface area contributed by atoms with E-state index >= 15 is 0 Å². The highest BCUT2D eigenvalue weighted by molar-refractivity contribution is 7.73. The van der Waals surface area contributed by atoms with E-state index in [1.165, 1.54) is 0 Å². The summed E-state index contributed by atoms with van der Waals surface area (Å²) in [7, 11) is -2.46. The molecule has 0 spiro atoms. The van der Waals surface area contributed by atoms with Crippen molar-refractivity contribution < 1.29 is 8.42 Å². The van der Waals surface area contributed by atoms with Crippen molar-refractivity contribution in [2.45, 2.75) is 18.6 Å². The topological polar surface area (TPSA) is 47.0 Å². The Morgan fingerprint density at radius 2 is 2.08 bits per heavy atom. The summed E-state index contributed by atoms with van der Waals surface area (Å²) in [5, 5.41) is 0. The fourth-order valence-electron chi connectivity index (χ4n) is 0.830. The Morgan fingerprint density at radius 3 is 2.50 bits per heavy atom. The molecular weight excluding hydrogens is 174 g/mol. The standard InChI is InChI=1S/C8H11NO2S/c1-8(2,12(10)11)7-4-3-5-9-6-7/h3-6,12H,1-2H3. The summed E-state index contributed by atoms with van der Waals surface area (Å²) in [6, 6.07) is 3.49. The van der Waals surface area contributed by atoms with Crippen molar-refractivity contribution in [2.75, 3.05) is 0 Å². The molecular formula is C8H11NO2S. The number of thiol groups is 1. The van der Waals surface area contributed by atoms with Crippen molar-refractivity contribution in [3.63, 3.8) is 0 Å². The molecule has 1 aromatic rings. The van der Waals surface area contributed by atoms with Crippen LogP contribution in [0, 0.1) is 0 Å². The van der Waals surface area contributed by atoms with Crippen molar-refractivity contribution in [1.29, 1.82) is 0 Å². The molecule has 66 valence electrons. The maximum Gasteiger partial charge on any atom is 0.149 e. The molecule has 1 heterocycles. The van der Waals surface area contributed by atoms with Crippen molar-refractivity contribution in [2.24, 2.45) is 0 Å². The van der Waals surface area contributed by atoms with Gasteiger partial charge in [0.15, 0.2) is 0 Å². The quantitative estimate of drug-likeness (QED) is 0.697. The van der Waals surface area contributed by atoms with E-state index in [0.29, 0.717) is 0 Å². The van der Waals surface area contributed by atoms with Crippen LogP contribution in [0.3, 0.4) is 0 Å². The van der Waals surface area contributed by atoms with Gasteiger partial charge in [0.2, 0.25) is 0 Å². The summed E-state index contributed by atoms with van der Waals surface area (Å²) in [5.41, 5.74) is 0.723. The van der Waals surface area contributed by atoms with Gasteiger partial charge in [0.25, 0.3) is 0 Å². The monoisotopic (exact) mass is 185 g/mol. The number of rotatable bonds is 2. The van der Waals surface area contributed by atoms with Gasteiger partial charge in [0.1, 0.15) is 10.7 Å². The molecule has 0 saturated carbocycles. The third-order valence-electron chi connectivity index (χ3n) is 1.82. The van der Waals surface area contributed by atoms with Crippen molar-refractivity contribution in [3.8, 4) is 0 Å². The Labute approximate surface area is 73.4 Å². The highest BCUT2D eigenvalue weighted by atomic mass is 32.2. The first kappa shape index (κ1) is 9.19. The molecule has 0 bridgehead atoms. The Balaban J connectivity index is 3.15. The smallest absolute Gasteiger partial charge is 0.149 e. The lowest BCUT2D eigenvalue weighted by Gasteiger charge is -2.16. The normalized spacial score (nSPS) is 11.9. The SMILES string of the molecule is CC(C)(c1cccnc1)[SH](=O)=O. The lowest BCUT2D eigenvalue weighted by atomic mass is 10.1. The van der Waals surface area contributed by atoms with Crippen molar-refractivity contribution in [3.05, 3.63) is 30.1 Å². The minimum atomic E-state index is -2.46. The first-order valence-corrected chi connectivity index (χ1v) is 4.78. The molecule has 0 aromatic carbocycles. The van der Waals surface area contributed by atoms with Gasteiger partial charge in [0.05, 0.1) is 4.75 Å². The second-order valence-corrected chi connectivity index (χ2v) is 4.69. The van der Waals surface area contributed by atoms with Crippen LogP contribution in [-0.2, 0) is 15.5 Å². The Kier molecular flexibility index (Phi) is 2.47. The van der Waals surface area contributed by atoms with Crippen LogP contribution in [0.4, 0.5) is 0 Å². The van der Waals surface area contributed by atoms with Crippen LogP contribution >= 0.6 is 0 Å². The highest BCUT2D eigenvalue weighted by Gasteiger charge is 2.23. The van der Waals surface area contributed by atoms with Gasteiger partial charge in [-0.15, -0.1) is 0 Å². The highest BCUT2D eigenvalue weighted by Crippen LogP contribution is 2.22. The summed E-state index contributed by atoms with van der Waals surface area (Å²) >= 11 is 0. The zero-order valence-corrected chi connectivity index (χ0v) is 7.91. The third kappa shape index (κ3) is 1.64. The summed E-state index contributed by atoms with van der Waals surface area (Å²) in [6.07, 6.45) is 3.20. The van der Waals surface area contributed by atoms with Crippen LogP contribution in [0.15, 0.2) is 24.5 Å². The van der Waals surface area contributed by atoms with E-state index in [2.05, 4.69) is 4.98 Å². The fraction of sp³-hybridized carbons (Fsp3) is 0.375. The van der Waals surface area contributed by atoms with Crippen LogP contribution in [-0.4, -0.2) is 13.4 Å². The van der Waals surface area contributed by atoms with Gasteiger partial charge in [-0.1, -0.05) is 6.07 Å². The Bertz CT molecular complexity index is 322. The first-order valence-electron chi connectivity index (χ1n) is 3.60. The van der Waals surface area contributed by atoms with Gasteiger partial charge in [-0.25, -0.2) is 8.42 Å². The van der Waals surface area contributed by atoms with Crippen LogP contribution in [0.5, 0.6) is 0 Å². The average molecular weight is 185 g/mol. The summed E-state index contributed by atoms with van der Waals surface area (Å²) < 4.78 is 20.8. The Hall–Kier alpha value is -0.900. The zero-order chi connectivity index (χ0) is 9.19.